The number of methoxy groups -OCH3 is 1. The molecule has 4 nitrogen and oxygen atoms in total. The van der Waals surface area contributed by atoms with E-state index in [1.165, 1.54) is 5.56 Å². The smallest absolute Gasteiger partial charge is 0.248 e. The normalized spacial score (nSPS) is 12.5. The molecule has 0 N–H and O–H groups in total. The number of ether oxygens (including phenoxy) is 1. The van der Waals surface area contributed by atoms with Gasteiger partial charge in [0.15, 0.2) is 4.80 Å². The number of carbonyl (C=O) groups is 1. The lowest BCUT2D eigenvalue weighted by Crippen LogP contribution is -2.19. The first-order valence-corrected chi connectivity index (χ1v) is 7.99. The number of amides is 1. The molecule has 2 rings (SSSR count). The first-order valence-electron chi connectivity index (χ1n) is 7.17. The van der Waals surface area contributed by atoms with Crippen molar-refractivity contribution < 1.29 is 9.53 Å². The standard InChI is InChI=1S/C16H22N2O2S/c1-11(2)9-15(19)17-16-18(7-8-20-4)13-6-5-12(3)10-14(13)21-16/h5-6,10-11H,7-9H2,1-4H3. The van der Waals surface area contributed by atoms with Crippen molar-refractivity contribution in [1.82, 2.24) is 4.57 Å². The monoisotopic (exact) mass is 306 g/mol. The van der Waals surface area contributed by atoms with Gasteiger partial charge in [-0.25, -0.2) is 0 Å². The molecule has 2 aromatic rings. The average molecular weight is 306 g/mol. The maximum atomic E-state index is 12.0. The molecule has 1 heterocycles. The molecule has 0 spiro atoms. The number of thiazole rings is 1. The Bertz CT molecular complexity index is 698. The third-order valence-electron chi connectivity index (χ3n) is 3.16. The van der Waals surface area contributed by atoms with E-state index in [4.69, 9.17) is 4.74 Å². The fraction of sp³-hybridized carbons (Fsp3) is 0.500. The molecule has 0 bridgehead atoms. The summed E-state index contributed by atoms with van der Waals surface area (Å²) in [7, 11) is 1.68. The molecular formula is C16H22N2O2S. The molecule has 0 saturated carbocycles. The quantitative estimate of drug-likeness (QED) is 0.852. The third kappa shape index (κ3) is 4.02. The fourth-order valence-electron chi connectivity index (χ4n) is 2.17. The second-order valence-electron chi connectivity index (χ2n) is 5.60. The van der Waals surface area contributed by atoms with E-state index in [2.05, 4.69) is 34.7 Å². The summed E-state index contributed by atoms with van der Waals surface area (Å²) >= 11 is 1.56. The highest BCUT2D eigenvalue weighted by Gasteiger charge is 2.09. The number of hydrogen-bond acceptors (Lipinski definition) is 3. The summed E-state index contributed by atoms with van der Waals surface area (Å²) in [5.41, 5.74) is 2.32. The van der Waals surface area contributed by atoms with Crippen LogP contribution in [-0.2, 0) is 16.1 Å². The third-order valence-corrected chi connectivity index (χ3v) is 4.20. The zero-order valence-corrected chi connectivity index (χ0v) is 13.9. The van der Waals surface area contributed by atoms with Gasteiger partial charge in [-0.15, -0.1) is 0 Å². The second kappa shape index (κ2) is 7.00. The van der Waals surface area contributed by atoms with Crippen molar-refractivity contribution in [2.75, 3.05) is 13.7 Å². The maximum Gasteiger partial charge on any atom is 0.248 e. The molecule has 0 aliphatic heterocycles. The topological polar surface area (TPSA) is 43.6 Å². The molecule has 0 unspecified atom stereocenters. The van der Waals surface area contributed by atoms with Crippen molar-refractivity contribution in [2.45, 2.75) is 33.7 Å². The molecule has 0 aliphatic carbocycles. The van der Waals surface area contributed by atoms with Gasteiger partial charge in [0.05, 0.1) is 16.8 Å². The van der Waals surface area contributed by atoms with Crippen molar-refractivity contribution in [3.63, 3.8) is 0 Å². The Morgan fingerprint density at radius 1 is 1.43 bits per heavy atom. The maximum absolute atomic E-state index is 12.0. The molecule has 1 aromatic carbocycles. The largest absolute Gasteiger partial charge is 0.383 e. The van der Waals surface area contributed by atoms with Crippen LogP contribution in [0.3, 0.4) is 0 Å². The van der Waals surface area contributed by atoms with Crippen LogP contribution in [0, 0.1) is 12.8 Å². The summed E-state index contributed by atoms with van der Waals surface area (Å²) in [6.45, 7) is 7.43. The van der Waals surface area contributed by atoms with Crippen LogP contribution < -0.4 is 4.80 Å². The van der Waals surface area contributed by atoms with Gasteiger partial charge in [-0.3, -0.25) is 4.79 Å². The van der Waals surface area contributed by atoms with Crippen molar-refractivity contribution in [1.29, 1.82) is 0 Å². The number of aryl methyl sites for hydroxylation is 1. The van der Waals surface area contributed by atoms with Gasteiger partial charge < -0.3 is 9.30 Å². The Labute approximate surface area is 129 Å². The van der Waals surface area contributed by atoms with Crippen LogP contribution in [0.1, 0.15) is 25.8 Å². The fourth-order valence-corrected chi connectivity index (χ4v) is 3.34. The summed E-state index contributed by atoms with van der Waals surface area (Å²) in [6, 6.07) is 6.30. The molecule has 0 saturated heterocycles. The van der Waals surface area contributed by atoms with Crippen molar-refractivity contribution in [2.24, 2.45) is 10.9 Å². The zero-order valence-electron chi connectivity index (χ0n) is 13.0. The molecule has 0 aliphatic rings. The van der Waals surface area contributed by atoms with Gasteiger partial charge in [0.25, 0.3) is 0 Å². The van der Waals surface area contributed by atoms with E-state index < -0.39 is 0 Å². The van der Waals surface area contributed by atoms with Crippen molar-refractivity contribution >= 4 is 27.5 Å². The van der Waals surface area contributed by atoms with Crippen LogP contribution in [0.4, 0.5) is 0 Å². The van der Waals surface area contributed by atoms with Crippen LogP contribution >= 0.6 is 11.3 Å². The van der Waals surface area contributed by atoms with Crippen LogP contribution in [-0.4, -0.2) is 24.2 Å². The molecular weight excluding hydrogens is 284 g/mol. The molecule has 0 atom stereocenters. The van der Waals surface area contributed by atoms with Gasteiger partial charge >= 0.3 is 0 Å². The summed E-state index contributed by atoms with van der Waals surface area (Å²) in [5, 5.41) is 0. The summed E-state index contributed by atoms with van der Waals surface area (Å²) in [5.74, 6) is 0.268. The Hall–Kier alpha value is -1.46. The first kappa shape index (κ1) is 15.9. The Balaban J connectivity index is 2.50. The molecule has 1 aromatic heterocycles. The minimum Gasteiger partial charge on any atom is -0.383 e. The highest BCUT2D eigenvalue weighted by atomic mass is 32.1. The van der Waals surface area contributed by atoms with Crippen molar-refractivity contribution in [3.8, 4) is 0 Å². The van der Waals surface area contributed by atoms with Crippen LogP contribution in [0.2, 0.25) is 0 Å². The van der Waals surface area contributed by atoms with E-state index in [0.29, 0.717) is 25.5 Å². The molecule has 1 amide bonds. The van der Waals surface area contributed by atoms with Gasteiger partial charge in [0.2, 0.25) is 5.91 Å². The lowest BCUT2D eigenvalue weighted by atomic mass is 10.1. The van der Waals surface area contributed by atoms with E-state index in [1.807, 2.05) is 13.8 Å². The van der Waals surface area contributed by atoms with Gasteiger partial charge in [0.1, 0.15) is 0 Å². The lowest BCUT2D eigenvalue weighted by Gasteiger charge is -2.04. The predicted molar refractivity (Wildman–Crippen MR) is 86.5 cm³/mol. The molecule has 5 heteroatoms. The zero-order chi connectivity index (χ0) is 15.4. The second-order valence-corrected chi connectivity index (χ2v) is 6.61. The van der Waals surface area contributed by atoms with Gasteiger partial charge in [-0.2, -0.15) is 4.99 Å². The van der Waals surface area contributed by atoms with E-state index in [0.717, 1.165) is 15.0 Å². The van der Waals surface area contributed by atoms with E-state index in [9.17, 15) is 4.79 Å². The Morgan fingerprint density at radius 3 is 2.86 bits per heavy atom. The lowest BCUT2D eigenvalue weighted by molar-refractivity contribution is -0.118. The van der Waals surface area contributed by atoms with Gasteiger partial charge in [-0.05, 0) is 30.5 Å². The van der Waals surface area contributed by atoms with Crippen LogP contribution in [0.25, 0.3) is 10.2 Å². The number of carbonyl (C=O) groups excluding carboxylic acids is 1. The summed E-state index contributed by atoms with van der Waals surface area (Å²) in [4.78, 5) is 17.1. The summed E-state index contributed by atoms with van der Waals surface area (Å²) in [6.07, 6.45) is 0.484. The highest BCUT2D eigenvalue weighted by molar-refractivity contribution is 7.16. The molecule has 114 valence electrons. The minimum absolute atomic E-state index is 0.0561. The van der Waals surface area contributed by atoms with E-state index in [-0.39, 0.29) is 5.91 Å². The van der Waals surface area contributed by atoms with Gasteiger partial charge in [0, 0.05) is 20.1 Å². The average Bonchev–Trinajstić information content (AvgIpc) is 2.71. The molecule has 0 fully saturated rings. The Kier molecular flexibility index (Phi) is 5.31. The molecule has 21 heavy (non-hydrogen) atoms. The number of rotatable bonds is 5. The molecule has 0 radical (unpaired) electrons. The highest BCUT2D eigenvalue weighted by Crippen LogP contribution is 2.19. The van der Waals surface area contributed by atoms with Crippen LogP contribution in [0.15, 0.2) is 23.2 Å². The number of benzene rings is 1. The minimum atomic E-state index is -0.0561. The number of aromatic nitrogens is 1. The van der Waals surface area contributed by atoms with E-state index in [1.54, 1.807) is 18.4 Å². The Morgan fingerprint density at radius 2 is 2.19 bits per heavy atom. The van der Waals surface area contributed by atoms with Gasteiger partial charge in [-0.1, -0.05) is 31.3 Å². The summed E-state index contributed by atoms with van der Waals surface area (Å²) < 4.78 is 8.39. The number of hydrogen-bond donors (Lipinski definition) is 0. The predicted octanol–water partition coefficient (Wildman–Crippen LogP) is 3.13. The number of nitrogens with zero attached hydrogens (tertiary/aromatic N) is 2. The van der Waals surface area contributed by atoms with Crippen LogP contribution in [0.5, 0.6) is 0 Å². The van der Waals surface area contributed by atoms with Crippen molar-refractivity contribution in [3.05, 3.63) is 28.6 Å². The van der Waals surface area contributed by atoms with E-state index >= 15 is 0 Å². The number of fused-ring (bicyclic) bond motifs is 1. The SMILES string of the molecule is COCCn1c(=NC(=O)CC(C)C)sc2cc(C)ccc21. The first-order chi connectivity index (χ1) is 10.0.